The molecule has 0 radical (unpaired) electrons. The van der Waals surface area contributed by atoms with E-state index >= 15 is 0 Å². The summed E-state index contributed by atoms with van der Waals surface area (Å²) < 4.78 is 0. The molecule has 1 aliphatic carbocycles. The van der Waals surface area contributed by atoms with Crippen molar-refractivity contribution >= 4 is 17.5 Å². The SMILES string of the molecule is CC(C)(C)NC(=O)c1cccc(NC(=O)C2CCC2)c1. The molecule has 2 rings (SSSR count). The number of anilines is 1. The van der Waals surface area contributed by atoms with Crippen LogP contribution in [0.5, 0.6) is 0 Å². The molecule has 1 aliphatic rings. The highest BCUT2D eigenvalue weighted by atomic mass is 16.2. The van der Waals surface area contributed by atoms with Gasteiger partial charge in [0, 0.05) is 22.7 Å². The van der Waals surface area contributed by atoms with Gasteiger partial charge in [-0.2, -0.15) is 0 Å². The Morgan fingerprint density at radius 1 is 1.20 bits per heavy atom. The molecule has 0 saturated heterocycles. The molecule has 0 atom stereocenters. The summed E-state index contributed by atoms with van der Waals surface area (Å²) in [4.78, 5) is 24.0. The number of carbonyl (C=O) groups excluding carboxylic acids is 2. The van der Waals surface area contributed by atoms with Crippen molar-refractivity contribution in [1.29, 1.82) is 0 Å². The summed E-state index contributed by atoms with van der Waals surface area (Å²) in [5, 5.41) is 5.79. The summed E-state index contributed by atoms with van der Waals surface area (Å²) >= 11 is 0. The molecule has 20 heavy (non-hydrogen) atoms. The van der Waals surface area contributed by atoms with Crippen LogP contribution in [0.2, 0.25) is 0 Å². The molecule has 2 N–H and O–H groups in total. The number of benzene rings is 1. The van der Waals surface area contributed by atoms with Crippen LogP contribution in [-0.4, -0.2) is 17.4 Å². The summed E-state index contributed by atoms with van der Waals surface area (Å²) in [6.45, 7) is 5.81. The second kappa shape index (κ2) is 5.65. The van der Waals surface area contributed by atoms with E-state index in [1.807, 2.05) is 26.8 Å². The van der Waals surface area contributed by atoms with Crippen molar-refractivity contribution in [2.75, 3.05) is 5.32 Å². The van der Waals surface area contributed by atoms with E-state index in [1.165, 1.54) is 0 Å². The first-order chi connectivity index (χ1) is 9.35. The molecule has 0 unspecified atom stereocenters. The lowest BCUT2D eigenvalue weighted by atomic mass is 9.85. The summed E-state index contributed by atoms with van der Waals surface area (Å²) in [6.07, 6.45) is 3.07. The number of amides is 2. The molecule has 2 amide bonds. The lowest BCUT2D eigenvalue weighted by molar-refractivity contribution is -0.122. The Labute approximate surface area is 119 Å². The third-order valence-electron chi connectivity index (χ3n) is 3.36. The van der Waals surface area contributed by atoms with Crippen molar-refractivity contribution in [2.45, 2.75) is 45.6 Å². The van der Waals surface area contributed by atoms with Crippen LogP contribution in [-0.2, 0) is 4.79 Å². The Bertz CT molecular complexity index is 513. The van der Waals surface area contributed by atoms with E-state index in [9.17, 15) is 9.59 Å². The van der Waals surface area contributed by atoms with Gasteiger partial charge in [0.1, 0.15) is 0 Å². The molecule has 1 aromatic carbocycles. The third kappa shape index (κ3) is 3.83. The molecule has 1 fully saturated rings. The molecule has 0 heterocycles. The van der Waals surface area contributed by atoms with Gasteiger partial charge >= 0.3 is 0 Å². The van der Waals surface area contributed by atoms with Crippen molar-refractivity contribution in [1.82, 2.24) is 5.32 Å². The van der Waals surface area contributed by atoms with Crippen molar-refractivity contribution in [3.05, 3.63) is 29.8 Å². The van der Waals surface area contributed by atoms with E-state index in [-0.39, 0.29) is 23.3 Å². The third-order valence-corrected chi connectivity index (χ3v) is 3.36. The molecule has 4 nitrogen and oxygen atoms in total. The van der Waals surface area contributed by atoms with Crippen molar-refractivity contribution in [3.8, 4) is 0 Å². The molecule has 4 heteroatoms. The smallest absolute Gasteiger partial charge is 0.251 e. The molecule has 0 aromatic heterocycles. The Morgan fingerprint density at radius 2 is 1.90 bits per heavy atom. The fourth-order valence-corrected chi connectivity index (χ4v) is 2.07. The van der Waals surface area contributed by atoms with E-state index < -0.39 is 0 Å². The van der Waals surface area contributed by atoms with Gasteiger partial charge in [-0.25, -0.2) is 0 Å². The first kappa shape index (κ1) is 14.6. The first-order valence-corrected chi connectivity index (χ1v) is 7.08. The summed E-state index contributed by atoms with van der Waals surface area (Å²) in [5.74, 6) is 0.0731. The molecule has 0 spiro atoms. The zero-order valence-electron chi connectivity index (χ0n) is 12.3. The molecule has 1 saturated carbocycles. The van der Waals surface area contributed by atoms with Crippen LogP contribution < -0.4 is 10.6 Å². The Morgan fingerprint density at radius 3 is 2.45 bits per heavy atom. The quantitative estimate of drug-likeness (QED) is 0.890. The molecule has 1 aromatic rings. The minimum atomic E-state index is -0.276. The van der Waals surface area contributed by atoms with E-state index in [0.717, 1.165) is 19.3 Å². The lowest BCUT2D eigenvalue weighted by Crippen LogP contribution is -2.40. The van der Waals surface area contributed by atoms with Gasteiger partial charge < -0.3 is 10.6 Å². The van der Waals surface area contributed by atoms with Gasteiger partial charge in [0.15, 0.2) is 0 Å². The Kier molecular flexibility index (Phi) is 4.12. The van der Waals surface area contributed by atoms with Crippen LogP contribution in [0.25, 0.3) is 0 Å². The molecular formula is C16H22N2O2. The Balaban J connectivity index is 2.03. The van der Waals surface area contributed by atoms with Crippen LogP contribution >= 0.6 is 0 Å². The highest BCUT2D eigenvalue weighted by Crippen LogP contribution is 2.27. The monoisotopic (exact) mass is 274 g/mol. The minimum Gasteiger partial charge on any atom is -0.347 e. The van der Waals surface area contributed by atoms with E-state index in [0.29, 0.717) is 11.3 Å². The van der Waals surface area contributed by atoms with E-state index in [1.54, 1.807) is 18.2 Å². The van der Waals surface area contributed by atoms with Crippen LogP contribution in [0, 0.1) is 5.92 Å². The van der Waals surface area contributed by atoms with Crippen molar-refractivity contribution in [2.24, 2.45) is 5.92 Å². The average Bonchev–Trinajstić information content (AvgIpc) is 2.24. The van der Waals surface area contributed by atoms with E-state index in [4.69, 9.17) is 0 Å². The number of nitrogens with one attached hydrogen (secondary N) is 2. The van der Waals surface area contributed by atoms with Crippen molar-refractivity contribution in [3.63, 3.8) is 0 Å². The topological polar surface area (TPSA) is 58.2 Å². The van der Waals surface area contributed by atoms with Gasteiger partial charge in [-0.1, -0.05) is 12.5 Å². The molecular weight excluding hydrogens is 252 g/mol. The average molecular weight is 274 g/mol. The van der Waals surface area contributed by atoms with Gasteiger partial charge in [0.25, 0.3) is 5.91 Å². The second-order valence-corrected chi connectivity index (χ2v) is 6.40. The van der Waals surface area contributed by atoms with Gasteiger partial charge in [-0.3, -0.25) is 9.59 Å². The number of carbonyl (C=O) groups is 2. The second-order valence-electron chi connectivity index (χ2n) is 6.40. The number of hydrogen-bond acceptors (Lipinski definition) is 2. The standard InChI is InChI=1S/C16H22N2O2/c1-16(2,3)18-15(20)12-8-5-9-13(10-12)17-14(19)11-6-4-7-11/h5,8-11H,4,6-7H2,1-3H3,(H,17,19)(H,18,20). The van der Waals surface area contributed by atoms with Crippen LogP contribution in [0.15, 0.2) is 24.3 Å². The van der Waals surface area contributed by atoms with Gasteiger partial charge in [-0.15, -0.1) is 0 Å². The van der Waals surface area contributed by atoms with Crippen LogP contribution in [0.4, 0.5) is 5.69 Å². The maximum atomic E-state index is 12.1. The fraction of sp³-hybridized carbons (Fsp3) is 0.500. The van der Waals surface area contributed by atoms with Gasteiger partial charge in [0.05, 0.1) is 0 Å². The normalized spacial score (nSPS) is 15.3. The number of hydrogen-bond donors (Lipinski definition) is 2. The molecule has 108 valence electrons. The zero-order chi connectivity index (χ0) is 14.8. The summed E-state index contributed by atoms with van der Waals surface area (Å²) in [5.41, 5.74) is 0.970. The largest absolute Gasteiger partial charge is 0.347 e. The molecule has 0 bridgehead atoms. The maximum Gasteiger partial charge on any atom is 0.251 e. The highest BCUT2D eigenvalue weighted by molar-refractivity contribution is 5.98. The maximum absolute atomic E-state index is 12.1. The predicted molar refractivity (Wildman–Crippen MR) is 79.6 cm³/mol. The van der Waals surface area contributed by atoms with E-state index in [2.05, 4.69) is 10.6 Å². The van der Waals surface area contributed by atoms with Crippen LogP contribution in [0.3, 0.4) is 0 Å². The predicted octanol–water partition coefficient (Wildman–Crippen LogP) is 2.95. The van der Waals surface area contributed by atoms with Gasteiger partial charge in [0.2, 0.25) is 5.91 Å². The highest BCUT2D eigenvalue weighted by Gasteiger charge is 2.25. The minimum absolute atomic E-state index is 0.0598. The fourth-order valence-electron chi connectivity index (χ4n) is 2.07. The zero-order valence-corrected chi connectivity index (χ0v) is 12.3. The first-order valence-electron chi connectivity index (χ1n) is 7.08. The molecule has 0 aliphatic heterocycles. The van der Waals surface area contributed by atoms with Crippen LogP contribution in [0.1, 0.15) is 50.4 Å². The number of rotatable bonds is 3. The van der Waals surface area contributed by atoms with Crippen molar-refractivity contribution < 1.29 is 9.59 Å². The Hall–Kier alpha value is -1.84. The lowest BCUT2D eigenvalue weighted by Gasteiger charge is -2.24. The summed E-state index contributed by atoms with van der Waals surface area (Å²) in [7, 11) is 0. The summed E-state index contributed by atoms with van der Waals surface area (Å²) in [6, 6.07) is 7.07. The van der Waals surface area contributed by atoms with Gasteiger partial charge in [-0.05, 0) is 51.8 Å².